The molecule has 1 aliphatic rings. The fourth-order valence-corrected chi connectivity index (χ4v) is 4.61. The average molecular weight is 483 g/mol. The molecule has 1 N–H and O–H groups in total. The molecule has 1 saturated heterocycles. The number of anilines is 1. The Kier molecular flexibility index (Phi) is 7.28. The van der Waals surface area contributed by atoms with E-state index in [4.69, 9.17) is 32.9 Å². The van der Waals surface area contributed by atoms with E-state index in [0.717, 1.165) is 47.4 Å². The molecule has 2 aromatic rings. The van der Waals surface area contributed by atoms with Gasteiger partial charge in [0.25, 0.3) is 0 Å². The van der Waals surface area contributed by atoms with Gasteiger partial charge in [-0.1, -0.05) is 41.0 Å². The molecule has 9 heteroatoms. The lowest BCUT2D eigenvalue weighted by Gasteiger charge is -2.40. The molecule has 0 radical (unpaired) electrons. The highest BCUT2D eigenvalue weighted by atomic mass is 35.5. The van der Waals surface area contributed by atoms with Crippen LogP contribution in [0.3, 0.4) is 0 Å². The number of rotatable bonds is 4. The summed E-state index contributed by atoms with van der Waals surface area (Å²) in [6, 6.07) is 5.54. The van der Waals surface area contributed by atoms with Crippen molar-refractivity contribution in [3.05, 3.63) is 40.1 Å². The van der Waals surface area contributed by atoms with Gasteiger partial charge in [-0.05, 0) is 59.6 Å². The molecule has 1 aliphatic heterocycles. The van der Waals surface area contributed by atoms with Crippen LogP contribution in [0.4, 0.5) is 10.6 Å². The maximum atomic E-state index is 12.2. The number of piperidine rings is 1. The summed E-state index contributed by atoms with van der Waals surface area (Å²) in [5.41, 5.74) is 0.0165. The van der Waals surface area contributed by atoms with Crippen molar-refractivity contribution in [2.24, 2.45) is 0 Å². The number of ether oxygens (including phenoxy) is 1. The SMILES string of the molecule is Cc1nc(N2CCC(C)(NC(=O)OC(C)(C)C)CC2)cnc1Sc1cccc(Cl)c1Cl. The summed E-state index contributed by atoms with van der Waals surface area (Å²) in [4.78, 5) is 24.6. The standard InChI is InChI=1S/C22H28Cl2N4O2S/c1-14-19(31-16-8-6-7-15(23)18(16)24)25-13-17(26-14)28-11-9-22(5,10-12-28)27-20(29)30-21(2,3)4/h6-8,13H,9-12H2,1-5H3,(H,27,29). The second kappa shape index (κ2) is 9.43. The molecule has 168 valence electrons. The van der Waals surface area contributed by atoms with Crippen LogP contribution >= 0.6 is 35.0 Å². The number of hydrogen-bond donors (Lipinski definition) is 1. The van der Waals surface area contributed by atoms with Crippen molar-refractivity contribution in [2.45, 2.75) is 68.5 Å². The number of nitrogens with zero attached hydrogens (tertiary/aromatic N) is 3. The number of halogens is 2. The van der Waals surface area contributed by atoms with Gasteiger partial charge in [-0.3, -0.25) is 0 Å². The molecule has 1 aromatic carbocycles. The summed E-state index contributed by atoms with van der Waals surface area (Å²) >= 11 is 13.9. The first-order chi connectivity index (χ1) is 14.5. The third kappa shape index (κ3) is 6.40. The van der Waals surface area contributed by atoms with Gasteiger partial charge in [-0.2, -0.15) is 0 Å². The number of carbonyl (C=O) groups is 1. The van der Waals surface area contributed by atoms with Crippen molar-refractivity contribution in [3.8, 4) is 0 Å². The van der Waals surface area contributed by atoms with Crippen LogP contribution in [-0.2, 0) is 4.74 Å². The summed E-state index contributed by atoms with van der Waals surface area (Å²) in [5, 5.41) is 4.86. The smallest absolute Gasteiger partial charge is 0.408 e. The van der Waals surface area contributed by atoms with Gasteiger partial charge in [0.2, 0.25) is 0 Å². The number of alkyl carbamates (subject to hydrolysis) is 1. The second-order valence-corrected chi connectivity index (χ2v) is 10.8. The van der Waals surface area contributed by atoms with E-state index in [9.17, 15) is 4.79 Å². The van der Waals surface area contributed by atoms with Crippen molar-refractivity contribution < 1.29 is 9.53 Å². The predicted octanol–water partition coefficient (Wildman–Crippen LogP) is 6.13. The lowest BCUT2D eigenvalue weighted by Crippen LogP contribution is -2.54. The minimum atomic E-state index is -0.511. The number of aromatic nitrogens is 2. The lowest BCUT2D eigenvalue weighted by molar-refractivity contribution is 0.0448. The molecule has 6 nitrogen and oxygen atoms in total. The first-order valence-electron chi connectivity index (χ1n) is 10.2. The zero-order chi connectivity index (χ0) is 22.8. The largest absolute Gasteiger partial charge is 0.444 e. The van der Waals surface area contributed by atoms with E-state index in [1.165, 1.54) is 11.8 Å². The first-order valence-corrected chi connectivity index (χ1v) is 11.7. The molecule has 2 heterocycles. The van der Waals surface area contributed by atoms with Gasteiger partial charge < -0.3 is 15.0 Å². The van der Waals surface area contributed by atoms with E-state index >= 15 is 0 Å². The fourth-order valence-electron chi connectivity index (χ4n) is 3.28. The van der Waals surface area contributed by atoms with Gasteiger partial charge in [0.15, 0.2) is 0 Å². The maximum Gasteiger partial charge on any atom is 0.408 e. The summed E-state index contributed by atoms with van der Waals surface area (Å²) in [7, 11) is 0. The topological polar surface area (TPSA) is 67.4 Å². The Balaban J connectivity index is 1.63. The molecule has 0 saturated carbocycles. The highest BCUT2D eigenvalue weighted by molar-refractivity contribution is 7.99. The van der Waals surface area contributed by atoms with Crippen LogP contribution in [-0.4, -0.2) is 40.3 Å². The van der Waals surface area contributed by atoms with Crippen molar-refractivity contribution >= 4 is 46.9 Å². The third-order valence-corrected chi connectivity index (χ3v) is 7.09. The minimum absolute atomic E-state index is 0.305. The van der Waals surface area contributed by atoms with E-state index in [0.29, 0.717) is 10.0 Å². The van der Waals surface area contributed by atoms with Crippen LogP contribution in [0.25, 0.3) is 0 Å². The normalized spacial score (nSPS) is 16.2. The first kappa shape index (κ1) is 24.0. The van der Waals surface area contributed by atoms with Gasteiger partial charge in [-0.25, -0.2) is 14.8 Å². The zero-order valence-corrected chi connectivity index (χ0v) is 20.8. The van der Waals surface area contributed by atoms with E-state index in [1.807, 2.05) is 39.8 Å². The second-order valence-electron chi connectivity index (χ2n) is 8.95. The Labute approximate surface area is 198 Å². The predicted molar refractivity (Wildman–Crippen MR) is 127 cm³/mol. The number of nitrogens with one attached hydrogen (secondary N) is 1. The highest BCUT2D eigenvalue weighted by Gasteiger charge is 2.33. The lowest BCUT2D eigenvalue weighted by atomic mass is 9.90. The van der Waals surface area contributed by atoms with E-state index < -0.39 is 5.60 Å². The Morgan fingerprint density at radius 2 is 1.94 bits per heavy atom. The molecule has 0 unspecified atom stereocenters. The number of carbonyl (C=O) groups excluding carboxylic acids is 1. The number of hydrogen-bond acceptors (Lipinski definition) is 6. The minimum Gasteiger partial charge on any atom is -0.444 e. The highest BCUT2D eigenvalue weighted by Crippen LogP contribution is 2.37. The van der Waals surface area contributed by atoms with Crippen molar-refractivity contribution in [1.82, 2.24) is 15.3 Å². The maximum absolute atomic E-state index is 12.2. The van der Waals surface area contributed by atoms with Crippen LogP contribution < -0.4 is 10.2 Å². The zero-order valence-electron chi connectivity index (χ0n) is 18.5. The van der Waals surface area contributed by atoms with Crippen LogP contribution in [0.2, 0.25) is 10.0 Å². The Bertz CT molecular complexity index is 957. The van der Waals surface area contributed by atoms with Crippen LogP contribution in [0, 0.1) is 6.92 Å². The van der Waals surface area contributed by atoms with Gasteiger partial charge in [0, 0.05) is 23.5 Å². The van der Waals surface area contributed by atoms with Gasteiger partial charge in [-0.15, -0.1) is 0 Å². The van der Waals surface area contributed by atoms with Gasteiger partial charge in [0.05, 0.1) is 21.9 Å². The Morgan fingerprint density at radius 1 is 1.26 bits per heavy atom. The number of amides is 1. The quantitative estimate of drug-likeness (QED) is 0.565. The summed E-state index contributed by atoms with van der Waals surface area (Å²) < 4.78 is 5.40. The van der Waals surface area contributed by atoms with Crippen molar-refractivity contribution in [3.63, 3.8) is 0 Å². The average Bonchev–Trinajstić information content (AvgIpc) is 2.65. The van der Waals surface area contributed by atoms with Crippen LogP contribution in [0.1, 0.15) is 46.2 Å². The summed E-state index contributed by atoms with van der Waals surface area (Å²) in [6.07, 6.45) is 3.00. The van der Waals surface area contributed by atoms with E-state index in [1.54, 1.807) is 12.3 Å². The summed E-state index contributed by atoms with van der Waals surface area (Å²) in [6.45, 7) is 11.1. The van der Waals surface area contributed by atoms with E-state index in [2.05, 4.69) is 22.1 Å². The van der Waals surface area contributed by atoms with Gasteiger partial charge in [0.1, 0.15) is 16.4 Å². The van der Waals surface area contributed by atoms with Crippen molar-refractivity contribution in [2.75, 3.05) is 18.0 Å². The van der Waals surface area contributed by atoms with E-state index in [-0.39, 0.29) is 11.6 Å². The Morgan fingerprint density at radius 3 is 2.55 bits per heavy atom. The number of benzene rings is 1. The molecule has 1 aromatic heterocycles. The van der Waals surface area contributed by atoms with Crippen LogP contribution in [0.5, 0.6) is 0 Å². The van der Waals surface area contributed by atoms with Gasteiger partial charge >= 0.3 is 6.09 Å². The molecule has 0 atom stereocenters. The van der Waals surface area contributed by atoms with Crippen LogP contribution in [0.15, 0.2) is 34.3 Å². The molecule has 0 spiro atoms. The molecule has 0 bridgehead atoms. The molecule has 31 heavy (non-hydrogen) atoms. The number of aryl methyl sites for hydroxylation is 1. The molecule has 3 rings (SSSR count). The molecular formula is C22H28Cl2N4O2S. The van der Waals surface area contributed by atoms with Crippen molar-refractivity contribution in [1.29, 1.82) is 0 Å². The molecule has 0 aliphatic carbocycles. The fraction of sp³-hybridized carbons (Fsp3) is 0.500. The summed E-state index contributed by atoms with van der Waals surface area (Å²) in [5.74, 6) is 0.832. The molecule has 1 fully saturated rings. The monoisotopic (exact) mass is 482 g/mol. The third-order valence-electron chi connectivity index (χ3n) is 5.01. The molecule has 1 amide bonds. The molecular weight excluding hydrogens is 455 g/mol. The Hall–Kier alpha value is -1.70.